The lowest BCUT2D eigenvalue weighted by Gasteiger charge is -2.29. The van der Waals surface area contributed by atoms with Crippen molar-refractivity contribution < 1.29 is 29.0 Å². The number of carboxylic acid groups (broad SMARTS) is 1. The van der Waals surface area contributed by atoms with Crippen molar-refractivity contribution in [2.24, 2.45) is 0 Å². The summed E-state index contributed by atoms with van der Waals surface area (Å²) < 4.78 is 5.01. The van der Waals surface area contributed by atoms with Gasteiger partial charge in [0.2, 0.25) is 0 Å². The van der Waals surface area contributed by atoms with Crippen LogP contribution >= 0.6 is 0 Å². The Bertz CT molecular complexity index is 765. The van der Waals surface area contributed by atoms with Crippen LogP contribution in [0.3, 0.4) is 0 Å². The predicted molar refractivity (Wildman–Crippen MR) is 90.5 cm³/mol. The number of ether oxygens (including phenoxy) is 1. The zero-order chi connectivity index (χ0) is 19.5. The second kappa shape index (κ2) is 7.12. The molecule has 1 heterocycles. The number of imide groups is 1. The SMILES string of the molecule is COCC(C)(CC(=O)O)NC(=O)c1cccc(C2(C)NC(=O)NC2=O)c1. The van der Waals surface area contributed by atoms with Gasteiger partial charge in [-0.3, -0.25) is 19.7 Å². The quantitative estimate of drug-likeness (QED) is 0.517. The molecule has 1 saturated heterocycles. The van der Waals surface area contributed by atoms with Crippen LogP contribution in [0.2, 0.25) is 0 Å². The normalized spacial score (nSPS) is 21.5. The van der Waals surface area contributed by atoms with Crippen molar-refractivity contribution in [3.63, 3.8) is 0 Å². The molecule has 4 amide bonds. The molecule has 2 rings (SSSR count). The van der Waals surface area contributed by atoms with Crippen LogP contribution in [0.4, 0.5) is 4.79 Å². The fraction of sp³-hybridized carbons (Fsp3) is 0.412. The third kappa shape index (κ3) is 3.99. The first-order valence-electron chi connectivity index (χ1n) is 7.87. The molecule has 140 valence electrons. The van der Waals surface area contributed by atoms with Crippen LogP contribution < -0.4 is 16.0 Å². The molecule has 26 heavy (non-hydrogen) atoms. The van der Waals surface area contributed by atoms with Crippen LogP contribution in [0.15, 0.2) is 24.3 Å². The summed E-state index contributed by atoms with van der Waals surface area (Å²) in [6.07, 6.45) is -0.317. The first-order valence-corrected chi connectivity index (χ1v) is 7.87. The van der Waals surface area contributed by atoms with Crippen molar-refractivity contribution in [2.75, 3.05) is 13.7 Å². The van der Waals surface area contributed by atoms with Gasteiger partial charge in [0.05, 0.1) is 18.6 Å². The number of rotatable bonds is 7. The number of aliphatic carboxylic acids is 1. The maximum atomic E-state index is 12.6. The highest BCUT2D eigenvalue weighted by molar-refractivity contribution is 6.07. The highest BCUT2D eigenvalue weighted by Crippen LogP contribution is 2.25. The smallest absolute Gasteiger partial charge is 0.322 e. The summed E-state index contributed by atoms with van der Waals surface area (Å²) in [7, 11) is 1.41. The monoisotopic (exact) mass is 363 g/mol. The number of amides is 4. The number of carbonyl (C=O) groups excluding carboxylic acids is 3. The Kier molecular flexibility index (Phi) is 5.31. The summed E-state index contributed by atoms with van der Waals surface area (Å²) in [4.78, 5) is 47.1. The van der Waals surface area contributed by atoms with Gasteiger partial charge in [0.1, 0.15) is 5.54 Å². The number of methoxy groups -OCH3 is 1. The minimum atomic E-state index is -1.29. The van der Waals surface area contributed by atoms with Gasteiger partial charge in [0.15, 0.2) is 0 Å². The first-order chi connectivity index (χ1) is 12.1. The number of carboxylic acids is 1. The fourth-order valence-electron chi connectivity index (χ4n) is 2.85. The number of urea groups is 1. The number of carbonyl (C=O) groups is 4. The molecule has 0 aromatic heterocycles. The van der Waals surface area contributed by atoms with Gasteiger partial charge < -0.3 is 20.5 Å². The van der Waals surface area contributed by atoms with Crippen molar-refractivity contribution >= 4 is 23.8 Å². The second-order valence-corrected chi connectivity index (χ2v) is 6.63. The molecule has 1 aromatic carbocycles. The predicted octanol–water partition coefficient (Wildman–Crippen LogP) is 0.351. The summed E-state index contributed by atoms with van der Waals surface area (Å²) >= 11 is 0. The topological polar surface area (TPSA) is 134 Å². The van der Waals surface area contributed by atoms with E-state index in [4.69, 9.17) is 9.84 Å². The van der Waals surface area contributed by atoms with Crippen LogP contribution in [-0.2, 0) is 19.9 Å². The van der Waals surface area contributed by atoms with Gasteiger partial charge >= 0.3 is 12.0 Å². The Balaban J connectivity index is 2.26. The van der Waals surface area contributed by atoms with E-state index in [2.05, 4.69) is 16.0 Å². The Morgan fingerprint density at radius 1 is 1.35 bits per heavy atom. The van der Waals surface area contributed by atoms with Crippen LogP contribution in [0, 0.1) is 0 Å². The molecule has 1 aromatic rings. The Hall–Kier alpha value is -2.94. The molecule has 0 aliphatic carbocycles. The molecule has 0 saturated carbocycles. The molecule has 2 unspecified atom stereocenters. The molecule has 0 bridgehead atoms. The average Bonchev–Trinajstić information content (AvgIpc) is 2.80. The van der Waals surface area contributed by atoms with E-state index in [9.17, 15) is 19.2 Å². The van der Waals surface area contributed by atoms with Crippen LogP contribution in [0.25, 0.3) is 0 Å². The van der Waals surface area contributed by atoms with Crippen LogP contribution in [0.1, 0.15) is 36.2 Å². The van der Waals surface area contributed by atoms with E-state index in [1.807, 2.05) is 0 Å². The van der Waals surface area contributed by atoms with Crippen LogP contribution in [-0.4, -0.2) is 48.2 Å². The molecule has 1 aliphatic rings. The highest BCUT2D eigenvalue weighted by Gasteiger charge is 2.43. The van der Waals surface area contributed by atoms with Crippen LogP contribution in [0.5, 0.6) is 0 Å². The van der Waals surface area contributed by atoms with Gasteiger partial charge in [0, 0.05) is 12.7 Å². The van der Waals surface area contributed by atoms with Gasteiger partial charge in [-0.05, 0) is 31.5 Å². The molecule has 4 N–H and O–H groups in total. The summed E-state index contributed by atoms with van der Waals surface area (Å²) in [5.74, 6) is -2.10. The van der Waals surface area contributed by atoms with Crippen molar-refractivity contribution in [1.82, 2.24) is 16.0 Å². The third-order valence-corrected chi connectivity index (χ3v) is 4.17. The number of hydrogen-bond donors (Lipinski definition) is 4. The van der Waals surface area contributed by atoms with Crippen molar-refractivity contribution in [2.45, 2.75) is 31.3 Å². The van der Waals surface area contributed by atoms with Gasteiger partial charge in [-0.2, -0.15) is 0 Å². The molecule has 0 radical (unpaired) electrons. The Morgan fingerprint density at radius 3 is 2.58 bits per heavy atom. The maximum absolute atomic E-state index is 12.6. The van der Waals surface area contributed by atoms with E-state index in [0.717, 1.165) is 0 Å². The van der Waals surface area contributed by atoms with E-state index in [-0.39, 0.29) is 18.6 Å². The average molecular weight is 363 g/mol. The first kappa shape index (κ1) is 19.4. The van der Waals surface area contributed by atoms with E-state index in [1.165, 1.54) is 26.2 Å². The Morgan fingerprint density at radius 2 is 2.04 bits per heavy atom. The molecule has 1 aliphatic heterocycles. The number of nitrogens with one attached hydrogen (secondary N) is 3. The van der Waals surface area contributed by atoms with Gasteiger partial charge in [0.25, 0.3) is 11.8 Å². The fourth-order valence-corrected chi connectivity index (χ4v) is 2.85. The maximum Gasteiger partial charge on any atom is 0.322 e. The molecular weight excluding hydrogens is 342 g/mol. The van der Waals surface area contributed by atoms with Gasteiger partial charge in [-0.1, -0.05) is 12.1 Å². The van der Waals surface area contributed by atoms with Crippen molar-refractivity contribution in [1.29, 1.82) is 0 Å². The van der Waals surface area contributed by atoms with Crippen molar-refractivity contribution in [3.05, 3.63) is 35.4 Å². The molecule has 2 atom stereocenters. The summed E-state index contributed by atoms with van der Waals surface area (Å²) in [6.45, 7) is 3.11. The largest absolute Gasteiger partial charge is 0.481 e. The lowest BCUT2D eigenvalue weighted by Crippen LogP contribution is -2.50. The number of hydrogen-bond acceptors (Lipinski definition) is 5. The van der Waals surface area contributed by atoms with Crippen molar-refractivity contribution in [3.8, 4) is 0 Å². The summed E-state index contributed by atoms with van der Waals surface area (Å²) in [5.41, 5.74) is -1.73. The lowest BCUT2D eigenvalue weighted by atomic mass is 9.90. The molecule has 9 heteroatoms. The van der Waals surface area contributed by atoms with Gasteiger partial charge in [-0.15, -0.1) is 0 Å². The minimum absolute atomic E-state index is 0.0148. The van der Waals surface area contributed by atoms with E-state index in [1.54, 1.807) is 19.1 Å². The second-order valence-electron chi connectivity index (χ2n) is 6.63. The van der Waals surface area contributed by atoms with E-state index < -0.39 is 34.9 Å². The number of benzene rings is 1. The van der Waals surface area contributed by atoms with E-state index >= 15 is 0 Å². The summed E-state index contributed by atoms with van der Waals surface area (Å²) in [5, 5.41) is 16.4. The zero-order valence-electron chi connectivity index (χ0n) is 14.7. The Labute approximate surface area is 150 Å². The molecular formula is C17H21N3O6. The lowest BCUT2D eigenvalue weighted by molar-refractivity contribution is -0.139. The zero-order valence-corrected chi connectivity index (χ0v) is 14.7. The summed E-state index contributed by atoms with van der Waals surface area (Å²) in [6, 6.07) is 5.60. The van der Waals surface area contributed by atoms with E-state index in [0.29, 0.717) is 5.56 Å². The third-order valence-electron chi connectivity index (χ3n) is 4.17. The molecule has 1 fully saturated rings. The standard InChI is InChI=1S/C17H21N3O6/c1-16(9-26-3,8-12(21)22)19-13(23)10-5-4-6-11(7-10)17(2)14(24)18-15(25)20-17/h4-7H,8-9H2,1-3H3,(H,19,23)(H,21,22)(H2,18,20,24,25). The highest BCUT2D eigenvalue weighted by atomic mass is 16.5. The minimum Gasteiger partial charge on any atom is -0.481 e. The molecule has 0 spiro atoms. The van der Waals surface area contributed by atoms with Gasteiger partial charge in [-0.25, -0.2) is 4.79 Å². The molecule has 9 nitrogen and oxygen atoms in total.